The minimum Gasteiger partial charge on any atom is -0.495 e. The molecule has 0 radical (unpaired) electrons. The Morgan fingerprint density at radius 1 is 0.970 bits per heavy atom. The molecule has 3 aromatic carbocycles. The molecule has 33 heavy (non-hydrogen) atoms. The van der Waals surface area contributed by atoms with Crippen LogP contribution in [0.1, 0.15) is 21.8 Å². The fraction of sp³-hybridized carbons (Fsp3) is 0.120. The number of sulfone groups is 1. The monoisotopic (exact) mass is 462 g/mol. The van der Waals surface area contributed by atoms with Crippen molar-refractivity contribution >= 4 is 21.4 Å². The van der Waals surface area contributed by atoms with Gasteiger partial charge >= 0.3 is 0 Å². The molecule has 1 N–H and O–H groups in total. The van der Waals surface area contributed by atoms with Crippen LogP contribution in [0.4, 0.5) is 5.69 Å². The third-order valence-electron chi connectivity index (χ3n) is 5.07. The molecule has 0 unspecified atom stereocenters. The van der Waals surface area contributed by atoms with Crippen molar-refractivity contribution in [3.8, 4) is 17.2 Å². The Balaban J connectivity index is 1.51. The lowest BCUT2D eigenvalue weighted by Gasteiger charge is -2.09. The number of aryl methyl sites for hydroxylation is 1. The van der Waals surface area contributed by atoms with Crippen molar-refractivity contribution in [3.05, 3.63) is 95.9 Å². The molecule has 0 saturated heterocycles. The van der Waals surface area contributed by atoms with Crippen LogP contribution < -0.4 is 10.1 Å². The van der Waals surface area contributed by atoms with E-state index in [1.807, 2.05) is 12.1 Å². The quantitative estimate of drug-likeness (QED) is 0.420. The molecular formula is C25H22N2O5S. The molecule has 0 aliphatic carbocycles. The Bertz CT molecular complexity index is 1380. The summed E-state index contributed by atoms with van der Waals surface area (Å²) in [6.45, 7) is 1.68. The number of oxazole rings is 1. The van der Waals surface area contributed by atoms with Crippen LogP contribution in [0, 0.1) is 6.92 Å². The number of amides is 1. The van der Waals surface area contributed by atoms with Crippen molar-refractivity contribution in [2.24, 2.45) is 0 Å². The number of anilines is 1. The second-order valence-electron chi connectivity index (χ2n) is 7.33. The van der Waals surface area contributed by atoms with E-state index in [9.17, 15) is 13.2 Å². The van der Waals surface area contributed by atoms with Crippen molar-refractivity contribution in [3.63, 3.8) is 0 Å². The van der Waals surface area contributed by atoms with Crippen molar-refractivity contribution < 1.29 is 22.4 Å². The summed E-state index contributed by atoms with van der Waals surface area (Å²) in [5, 5.41) is 2.82. The first-order valence-corrected chi connectivity index (χ1v) is 11.8. The largest absolute Gasteiger partial charge is 0.495 e. The third kappa shape index (κ3) is 4.96. The molecule has 1 heterocycles. The smallest absolute Gasteiger partial charge is 0.255 e. The normalized spacial score (nSPS) is 11.2. The lowest BCUT2D eigenvalue weighted by Crippen LogP contribution is -2.12. The molecule has 0 aliphatic heterocycles. The predicted molar refractivity (Wildman–Crippen MR) is 125 cm³/mol. The van der Waals surface area contributed by atoms with Crippen LogP contribution in [-0.2, 0) is 15.6 Å². The fourth-order valence-corrected chi connectivity index (χ4v) is 4.65. The Morgan fingerprint density at radius 3 is 2.33 bits per heavy atom. The summed E-state index contributed by atoms with van der Waals surface area (Å²) in [4.78, 5) is 17.2. The first-order valence-electron chi connectivity index (χ1n) is 10.2. The predicted octanol–water partition coefficient (Wildman–Crippen LogP) is 4.88. The molecule has 1 aromatic heterocycles. The van der Waals surface area contributed by atoms with Gasteiger partial charge in [-0.2, -0.15) is 0 Å². The van der Waals surface area contributed by atoms with Gasteiger partial charge < -0.3 is 14.5 Å². The van der Waals surface area contributed by atoms with E-state index in [1.165, 1.54) is 7.11 Å². The maximum absolute atomic E-state index is 12.7. The highest BCUT2D eigenvalue weighted by atomic mass is 32.2. The van der Waals surface area contributed by atoms with E-state index in [1.54, 1.807) is 73.7 Å². The van der Waals surface area contributed by atoms with E-state index in [2.05, 4.69) is 10.3 Å². The zero-order chi connectivity index (χ0) is 23.4. The maximum atomic E-state index is 12.7. The number of rotatable bonds is 7. The molecule has 4 rings (SSSR count). The van der Waals surface area contributed by atoms with Crippen molar-refractivity contribution in [2.75, 3.05) is 12.4 Å². The van der Waals surface area contributed by atoms with E-state index < -0.39 is 9.84 Å². The number of nitrogens with zero attached hydrogens (tertiary/aromatic N) is 1. The second kappa shape index (κ2) is 9.30. The molecule has 0 fully saturated rings. The van der Waals surface area contributed by atoms with Gasteiger partial charge in [0.1, 0.15) is 17.3 Å². The molecule has 0 atom stereocenters. The van der Waals surface area contributed by atoms with Gasteiger partial charge in [-0.1, -0.05) is 30.3 Å². The lowest BCUT2D eigenvalue weighted by atomic mass is 10.1. The molecule has 168 valence electrons. The van der Waals surface area contributed by atoms with Gasteiger partial charge in [0, 0.05) is 11.1 Å². The van der Waals surface area contributed by atoms with E-state index in [0.717, 1.165) is 0 Å². The molecule has 4 aromatic rings. The number of aromatic nitrogens is 1. The second-order valence-corrected chi connectivity index (χ2v) is 9.32. The summed E-state index contributed by atoms with van der Waals surface area (Å²) in [6.07, 6.45) is 0. The number of carbonyl (C=O) groups is 1. The standard InChI is InChI=1S/C25H22N2O5S/c1-17-22(16-33(29,30)20-8-4-3-5-9-20)27-25(32-17)19-14-12-18(13-15-19)24(28)26-21-10-6-7-11-23(21)31-2/h3-15H,16H2,1-2H3,(H,26,28). The number of hydrogen-bond donors (Lipinski definition) is 1. The number of benzene rings is 3. The van der Waals surface area contributed by atoms with E-state index in [4.69, 9.17) is 9.15 Å². The summed E-state index contributed by atoms with van der Waals surface area (Å²) in [5.41, 5.74) is 2.00. The van der Waals surface area contributed by atoms with Gasteiger partial charge in [-0.15, -0.1) is 0 Å². The van der Waals surface area contributed by atoms with Gasteiger partial charge in [-0.3, -0.25) is 4.79 Å². The van der Waals surface area contributed by atoms with Crippen molar-refractivity contribution in [1.29, 1.82) is 0 Å². The Labute approximate surface area is 192 Å². The molecule has 0 spiro atoms. The minimum absolute atomic E-state index is 0.236. The van der Waals surface area contributed by atoms with E-state index >= 15 is 0 Å². The third-order valence-corrected chi connectivity index (χ3v) is 6.71. The average molecular weight is 463 g/mol. The Morgan fingerprint density at radius 2 is 1.64 bits per heavy atom. The van der Waals surface area contributed by atoms with Crippen molar-refractivity contribution in [2.45, 2.75) is 17.6 Å². The highest BCUT2D eigenvalue weighted by molar-refractivity contribution is 7.90. The van der Waals surface area contributed by atoms with Crippen LogP contribution in [0.5, 0.6) is 5.75 Å². The van der Waals surface area contributed by atoms with Gasteiger partial charge in [-0.25, -0.2) is 13.4 Å². The summed E-state index contributed by atoms with van der Waals surface area (Å²) in [7, 11) is -2.00. The number of nitrogens with one attached hydrogen (secondary N) is 1. The summed E-state index contributed by atoms with van der Waals surface area (Å²) < 4.78 is 36.3. The fourth-order valence-electron chi connectivity index (χ4n) is 3.28. The first-order chi connectivity index (χ1) is 15.9. The summed E-state index contributed by atoms with van der Waals surface area (Å²) >= 11 is 0. The average Bonchev–Trinajstić information content (AvgIpc) is 3.19. The lowest BCUT2D eigenvalue weighted by molar-refractivity contribution is 0.102. The highest BCUT2D eigenvalue weighted by Gasteiger charge is 2.21. The van der Waals surface area contributed by atoms with Gasteiger partial charge in [-0.05, 0) is 55.5 Å². The van der Waals surface area contributed by atoms with Crippen LogP contribution in [0.15, 0.2) is 88.2 Å². The van der Waals surface area contributed by atoms with E-state index in [-0.39, 0.29) is 16.6 Å². The topological polar surface area (TPSA) is 98.5 Å². The maximum Gasteiger partial charge on any atom is 0.255 e. The van der Waals surface area contributed by atoms with Gasteiger partial charge in [0.05, 0.1) is 23.4 Å². The van der Waals surface area contributed by atoms with Crippen LogP contribution >= 0.6 is 0 Å². The summed E-state index contributed by atoms with van der Waals surface area (Å²) in [5.74, 6) is 0.746. The van der Waals surface area contributed by atoms with Crippen molar-refractivity contribution in [1.82, 2.24) is 4.98 Å². The number of carbonyl (C=O) groups excluding carboxylic acids is 1. The number of para-hydroxylation sites is 2. The molecule has 8 heteroatoms. The first kappa shape index (κ1) is 22.3. The molecule has 7 nitrogen and oxygen atoms in total. The van der Waals surface area contributed by atoms with Crippen LogP contribution in [0.3, 0.4) is 0 Å². The van der Waals surface area contributed by atoms with Crippen LogP contribution in [0.2, 0.25) is 0 Å². The zero-order valence-corrected chi connectivity index (χ0v) is 18.9. The Kier molecular flexibility index (Phi) is 6.28. The highest BCUT2D eigenvalue weighted by Crippen LogP contribution is 2.26. The zero-order valence-electron chi connectivity index (χ0n) is 18.1. The number of hydrogen-bond acceptors (Lipinski definition) is 6. The van der Waals surface area contributed by atoms with Gasteiger partial charge in [0.2, 0.25) is 5.89 Å². The van der Waals surface area contributed by atoms with Crippen LogP contribution in [-0.4, -0.2) is 26.4 Å². The number of ether oxygens (including phenoxy) is 1. The molecule has 0 bridgehead atoms. The molecule has 0 saturated carbocycles. The molecule has 0 aliphatic rings. The Hall–Kier alpha value is -3.91. The van der Waals surface area contributed by atoms with Crippen LogP contribution in [0.25, 0.3) is 11.5 Å². The molecular weight excluding hydrogens is 440 g/mol. The van der Waals surface area contributed by atoms with Gasteiger partial charge in [0.25, 0.3) is 5.91 Å². The minimum atomic E-state index is -3.54. The van der Waals surface area contributed by atoms with E-state index in [0.29, 0.717) is 39.9 Å². The summed E-state index contributed by atoms with van der Waals surface area (Å²) in [6, 6.07) is 22.1. The van der Waals surface area contributed by atoms with Gasteiger partial charge in [0.15, 0.2) is 9.84 Å². The SMILES string of the molecule is COc1ccccc1NC(=O)c1ccc(-c2nc(CS(=O)(=O)c3ccccc3)c(C)o2)cc1. The molecule has 1 amide bonds. The number of methoxy groups -OCH3 is 1.